The van der Waals surface area contributed by atoms with Gasteiger partial charge in [-0.1, -0.05) is 42.5 Å². The van der Waals surface area contributed by atoms with Crippen LogP contribution in [0.5, 0.6) is 5.75 Å². The van der Waals surface area contributed by atoms with E-state index in [-0.39, 0.29) is 0 Å². The van der Waals surface area contributed by atoms with Gasteiger partial charge in [0.25, 0.3) is 0 Å². The highest BCUT2D eigenvalue weighted by molar-refractivity contribution is 5.36. The van der Waals surface area contributed by atoms with E-state index in [2.05, 4.69) is 42.5 Å². The van der Waals surface area contributed by atoms with Crippen molar-refractivity contribution in [2.45, 2.75) is 19.3 Å². The van der Waals surface area contributed by atoms with E-state index in [1.807, 2.05) is 6.07 Å². The lowest BCUT2D eigenvalue weighted by molar-refractivity contribution is 0.221. The number of para-hydroxylation sites is 1. The Kier molecular flexibility index (Phi) is 4.03. The van der Waals surface area contributed by atoms with Gasteiger partial charge in [0.1, 0.15) is 5.75 Å². The molecule has 0 bridgehead atoms. The van der Waals surface area contributed by atoms with Crippen molar-refractivity contribution in [3.05, 3.63) is 65.2 Å². The van der Waals surface area contributed by atoms with Crippen molar-refractivity contribution in [2.75, 3.05) is 13.2 Å². The van der Waals surface area contributed by atoms with Crippen molar-refractivity contribution in [3.8, 4) is 5.75 Å². The average Bonchev–Trinajstić information content (AvgIpc) is 2.49. The van der Waals surface area contributed by atoms with Crippen molar-refractivity contribution >= 4 is 0 Å². The highest BCUT2D eigenvalue weighted by atomic mass is 16.5. The lowest BCUT2D eigenvalue weighted by atomic mass is 9.89. The van der Waals surface area contributed by atoms with Crippen LogP contribution in [0.4, 0.5) is 0 Å². The zero-order chi connectivity index (χ0) is 13.8. The Morgan fingerprint density at radius 3 is 2.60 bits per heavy atom. The van der Waals surface area contributed by atoms with E-state index >= 15 is 0 Å². The first-order valence-corrected chi connectivity index (χ1v) is 7.34. The summed E-state index contributed by atoms with van der Waals surface area (Å²) in [6.45, 7) is 1.52. The van der Waals surface area contributed by atoms with E-state index in [9.17, 15) is 0 Å². The van der Waals surface area contributed by atoms with Crippen molar-refractivity contribution < 1.29 is 4.74 Å². The van der Waals surface area contributed by atoms with Crippen LogP contribution in [0.25, 0.3) is 0 Å². The highest BCUT2D eigenvalue weighted by Crippen LogP contribution is 2.29. The summed E-state index contributed by atoms with van der Waals surface area (Å²) in [5, 5.41) is 0. The number of ether oxygens (including phenoxy) is 1. The first-order chi connectivity index (χ1) is 9.86. The second-order valence-corrected chi connectivity index (χ2v) is 5.50. The van der Waals surface area contributed by atoms with Crippen LogP contribution in [-0.4, -0.2) is 13.2 Å². The van der Waals surface area contributed by atoms with Crippen molar-refractivity contribution in [3.63, 3.8) is 0 Å². The quantitative estimate of drug-likeness (QED) is 0.924. The summed E-state index contributed by atoms with van der Waals surface area (Å²) in [6, 6.07) is 17.0. The van der Waals surface area contributed by atoms with Crippen LogP contribution in [0, 0.1) is 5.92 Å². The summed E-state index contributed by atoms with van der Waals surface area (Å²) in [4.78, 5) is 0. The van der Waals surface area contributed by atoms with Crippen LogP contribution in [0.3, 0.4) is 0 Å². The molecule has 2 N–H and O–H groups in total. The predicted molar refractivity (Wildman–Crippen MR) is 82.0 cm³/mol. The Labute approximate surface area is 120 Å². The summed E-state index contributed by atoms with van der Waals surface area (Å²) >= 11 is 0. The van der Waals surface area contributed by atoms with Gasteiger partial charge in [-0.25, -0.2) is 0 Å². The molecule has 0 saturated carbocycles. The Balaban J connectivity index is 1.74. The highest BCUT2D eigenvalue weighted by Gasteiger charge is 2.20. The Bertz CT molecular complexity index is 579. The molecule has 0 radical (unpaired) electrons. The molecule has 0 amide bonds. The molecule has 1 aliphatic rings. The minimum absolute atomic E-state index is 0.559. The zero-order valence-electron chi connectivity index (χ0n) is 11.7. The predicted octanol–water partition coefficient (Wildman–Crippen LogP) is 2.98. The molecule has 0 aromatic heterocycles. The summed E-state index contributed by atoms with van der Waals surface area (Å²) in [6.07, 6.45) is 3.14. The van der Waals surface area contributed by atoms with E-state index in [0.29, 0.717) is 12.5 Å². The van der Waals surface area contributed by atoms with Crippen LogP contribution in [0.1, 0.15) is 16.7 Å². The van der Waals surface area contributed by atoms with E-state index in [0.717, 1.165) is 31.6 Å². The minimum Gasteiger partial charge on any atom is -0.493 e. The fourth-order valence-electron chi connectivity index (χ4n) is 2.99. The fraction of sp³-hybridized carbons (Fsp3) is 0.333. The molecule has 1 atom stereocenters. The molecule has 1 aliphatic heterocycles. The van der Waals surface area contributed by atoms with Gasteiger partial charge in [0.05, 0.1) is 6.61 Å². The topological polar surface area (TPSA) is 35.2 Å². The molecule has 0 unspecified atom stereocenters. The van der Waals surface area contributed by atoms with Gasteiger partial charge in [-0.05, 0) is 48.6 Å². The number of benzene rings is 2. The third-order valence-corrected chi connectivity index (χ3v) is 4.00. The fourth-order valence-corrected chi connectivity index (χ4v) is 2.99. The van der Waals surface area contributed by atoms with Crippen LogP contribution >= 0.6 is 0 Å². The van der Waals surface area contributed by atoms with Gasteiger partial charge in [0.15, 0.2) is 0 Å². The molecule has 0 saturated heterocycles. The molecule has 3 rings (SSSR count). The molecule has 104 valence electrons. The monoisotopic (exact) mass is 267 g/mol. The first-order valence-electron chi connectivity index (χ1n) is 7.34. The molecule has 2 heteroatoms. The maximum Gasteiger partial charge on any atom is 0.122 e. The molecule has 0 spiro atoms. The summed E-state index contributed by atoms with van der Waals surface area (Å²) in [7, 11) is 0. The average molecular weight is 267 g/mol. The van der Waals surface area contributed by atoms with Crippen LogP contribution in [-0.2, 0) is 19.3 Å². The molecule has 2 aromatic rings. The standard InChI is InChI=1S/C18H21NO/c19-10-9-15-5-1-2-6-16(15)11-14-12-17-7-3-4-8-18(17)20-13-14/h1-8,14H,9-13,19H2/t14-/m1/s1. The summed E-state index contributed by atoms with van der Waals surface area (Å²) in [5.41, 5.74) is 9.84. The second kappa shape index (κ2) is 6.10. The van der Waals surface area contributed by atoms with Gasteiger partial charge in [0, 0.05) is 5.92 Å². The third-order valence-electron chi connectivity index (χ3n) is 4.00. The molecule has 1 heterocycles. The molecule has 0 fully saturated rings. The smallest absolute Gasteiger partial charge is 0.122 e. The SMILES string of the molecule is NCCc1ccccc1C[C@H]1COc2ccccc2C1. The second-order valence-electron chi connectivity index (χ2n) is 5.50. The van der Waals surface area contributed by atoms with Gasteiger partial charge in [0.2, 0.25) is 0 Å². The summed E-state index contributed by atoms with van der Waals surface area (Å²) in [5.74, 6) is 1.61. The van der Waals surface area contributed by atoms with E-state index in [4.69, 9.17) is 10.5 Å². The number of fused-ring (bicyclic) bond motifs is 1. The van der Waals surface area contributed by atoms with Gasteiger partial charge in [-0.3, -0.25) is 0 Å². The van der Waals surface area contributed by atoms with E-state index in [1.54, 1.807) is 0 Å². The van der Waals surface area contributed by atoms with Crippen LogP contribution in [0.15, 0.2) is 48.5 Å². The van der Waals surface area contributed by atoms with Gasteiger partial charge < -0.3 is 10.5 Å². The largest absolute Gasteiger partial charge is 0.493 e. The van der Waals surface area contributed by atoms with E-state index in [1.165, 1.54) is 16.7 Å². The molecular weight excluding hydrogens is 246 g/mol. The maximum atomic E-state index is 5.88. The maximum absolute atomic E-state index is 5.88. The molecular formula is C18H21NO. The Hall–Kier alpha value is -1.80. The van der Waals surface area contributed by atoms with Crippen molar-refractivity contribution in [2.24, 2.45) is 11.7 Å². The minimum atomic E-state index is 0.559. The van der Waals surface area contributed by atoms with Crippen molar-refractivity contribution in [1.82, 2.24) is 0 Å². The zero-order valence-corrected chi connectivity index (χ0v) is 11.7. The molecule has 2 aromatic carbocycles. The molecule has 0 aliphatic carbocycles. The normalized spacial score (nSPS) is 17.4. The van der Waals surface area contributed by atoms with Gasteiger partial charge >= 0.3 is 0 Å². The Morgan fingerprint density at radius 2 is 1.75 bits per heavy atom. The lowest BCUT2D eigenvalue weighted by Gasteiger charge is -2.26. The Morgan fingerprint density at radius 1 is 1.00 bits per heavy atom. The molecule has 2 nitrogen and oxygen atoms in total. The number of hydrogen-bond donors (Lipinski definition) is 1. The summed E-state index contributed by atoms with van der Waals surface area (Å²) < 4.78 is 5.88. The van der Waals surface area contributed by atoms with E-state index < -0.39 is 0 Å². The number of hydrogen-bond acceptors (Lipinski definition) is 2. The lowest BCUT2D eigenvalue weighted by Crippen LogP contribution is -2.23. The first kappa shape index (κ1) is 13.2. The van der Waals surface area contributed by atoms with Crippen LogP contribution < -0.4 is 10.5 Å². The van der Waals surface area contributed by atoms with Gasteiger partial charge in [-0.2, -0.15) is 0 Å². The molecule has 20 heavy (non-hydrogen) atoms. The number of nitrogens with two attached hydrogens (primary N) is 1. The van der Waals surface area contributed by atoms with Gasteiger partial charge in [-0.15, -0.1) is 0 Å². The van der Waals surface area contributed by atoms with Crippen molar-refractivity contribution in [1.29, 1.82) is 0 Å². The number of rotatable bonds is 4. The van der Waals surface area contributed by atoms with Crippen LogP contribution in [0.2, 0.25) is 0 Å². The third kappa shape index (κ3) is 2.86.